The molecule has 128 valence electrons. The number of aromatic amines is 1. The van der Waals surface area contributed by atoms with Crippen LogP contribution in [-0.2, 0) is 6.42 Å². The van der Waals surface area contributed by atoms with Gasteiger partial charge in [-0.05, 0) is 38.2 Å². The maximum Gasteiger partial charge on any atom is 0.283 e. The highest BCUT2D eigenvalue weighted by atomic mass is 35.5. The number of carbonyl (C=O) groups excluding carboxylic acids is 1. The fourth-order valence-corrected chi connectivity index (χ4v) is 2.81. The van der Waals surface area contributed by atoms with Gasteiger partial charge in [0.2, 0.25) is 0 Å². The number of nitro groups is 1. The van der Waals surface area contributed by atoms with Crippen LogP contribution in [0.1, 0.15) is 36.1 Å². The van der Waals surface area contributed by atoms with Crippen LogP contribution in [-0.4, -0.2) is 32.1 Å². The van der Waals surface area contributed by atoms with E-state index in [2.05, 4.69) is 15.5 Å². The predicted molar refractivity (Wildman–Crippen MR) is 91.9 cm³/mol. The van der Waals surface area contributed by atoms with Gasteiger partial charge in [0.15, 0.2) is 4.77 Å². The van der Waals surface area contributed by atoms with Gasteiger partial charge in [-0.15, -0.1) is 0 Å². The molecule has 0 aliphatic rings. The van der Waals surface area contributed by atoms with Crippen molar-refractivity contribution in [2.75, 3.05) is 6.54 Å². The van der Waals surface area contributed by atoms with Crippen molar-refractivity contribution in [3.63, 3.8) is 0 Å². The van der Waals surface area contributed by atoms with Gasteiger partial charge in [-0.2, -0.15) is 5.10 Å². The molecule has 0 atom stereocenters. The van der Waals surface area contributed by atoms with Crippen LogP contribution < -0.4 is 5.32 Å². The van der Waals surface area contributed by atoms with E-state index in [4.69, 9.17) is 23.8 Å². The Kier molecular flexibility index (Phi) is 5.68. The second kappa shape index (κ2) is 7.54. The summed E-state index contributed by atoms with van der Waals surface area (Å²) in [5.74, 6) is 0.171. The average Bonchev–Trinajstić information content (AvgIpc) is 2.88. The molecule has 0 aliphatic carbocycles. The lowest BCUT2D eigenvalue weighted by Gasteiger charge is -2.10. The highest BCUT2D eigenvalue weighted by Gasteiger charge is 2.20. The quantitative estimate of drug-likeness (QED) is 0.462. The van der Waals surface area contributed by atoms with Gasteiger partial charge in [0, 0.05) is 30.1 Å². The van der Waals surface area contributed by atoms with Gasteiger partial charge >= 0.3 is 0 Å². The number of aromatic nitrogens is 3. The molecule has 1 amide bonds. The number of H-pyrrole nitrogens is 1. The topological polar surface area (TPSA) is 106 Å². The van der Waals surface area contributed by atoms with Crippen molar-refractivity contribution < 1.29 is 9.72 Å². The normalized spacial score (nSPS) is 10.8. The first kappa shape index (κ1) is 18.1. The highest BCUT2D eigenvalue weighted by Crippen LogP contribution is 2.23. The standard InChI is InChI=1S/C14H16ClN5O3S/c1-8(2)19-12(17-18-14(19)24)5-6-16-13(21)10-4-3-9(15)7-11(10)20(22)23/h3-4,7-8H,5-6H2,1-2H3,(H,16,21)(H,18,24). The number of nitrogens with one attached hydrogen (secondary N) is 2. The highest BCUT2D eigenvalue weighted by molar-refractivity contribution is 7.71. The van der Waals surface area contributed by atoms with E-state index in [0.29, 0.717) is 17.0 Å². The van der Waals surface area contributed by atoms with E-state index < -0.39 is 10.8 Å². The zero-order valence-corrected chi connectivity index (χ0v) is 14.6. The minimum atomic E-state index is -0.634. The summed E-state index contributed by atoms with van der Waals surface area (Å²) in [5.41, 5.74) is -0.364. The molecule has 0 fully saturated rings. The molecular formula is C14H16ClN5O3S. The molecule has 1 aromatic carbocycles. The molecular weight excluding hydrogens is 354 g/mol. The second-order valence-corrected chi connectivity index (χ2v) is 6.16. The largest absolute Gasteiger partial charge is 0.351 e. The third kappa shape index (κ3) is 3.98. The Hall–Kier alpha value is -2.26. The van der Waals surface area contributed by atoms with Gasteiger partial charge in [0.25, 0.3) is 11.6 Å². The van der Waals surface area contributed by atoms with Crippen LogP contribution in [0.3, 0.4) is 0 Å². The van der Waals surface area contributed by atoms with E-state index in [1.165, 1.54) is 12.1 Å². The molecule has 1 heterocycles. The Balaban J connectivity index is 2.07. The SMILES string of the molecule is CC(C)n1c(CCNC(=O)c2ccc(Cl)cc2[N+](=O)[O-])n[nH]c1=S. The first-order valence-electron chi connectivity index (χ1n) is 7.19. The van der Waals surface area contributed by atoms with Crippen molar-refractivity contribution in [2.24, 2.45) is 0 Å². The predicted octanol–water partition coefficient (Wildman–Crippen LogP) is 3.06. The summed E-state index contributed by atoms with van der Waals surface area (Å²) >= 11 is 10.9. The second-order valence-electron chi connectivity index (χ2n) is 5.33. The number of halogens is 1. The van der Waals surface area contributed by atoms with E-state index in [-0.39, 0.29) is 28.9 Å². The van der Waals surface area contributed by atoms with Crippen molar-refractivity contribution in [3.05, 3.63) is 49.5 Å². The molecule has 8 nitrogen and oxygen atoms in total. The van der Waals surface area contributed by atoms with Crippen LogP contribution in [0, 0.1) is 14.9 Å². The van der Waals surface area contributed by atoms with Crippen molar-refractivity contribution >= 4 is 35.4 Å². The number of amides is 1. The van der Waals surface area contributed by atoms with Gasteiger partial charge in [0.1, 0.15) is 11.4 Å². The number of rotatable bonds is 6. The fraction of sp³-hybridized carbons (Fsp3) is 0.357. The Bertz CT molecular complexity index is 830. The van der Waals surface area contributed by atoms with E-state index in [1.807, 2.05) is 18.4 Å². The summed E-state index contributed by atoms with van der Waals surface area (Å²) in [5, 5.41) is 20.7. The minimum absolute atomic E-state index is 0.0351. The van der Waals surface area contributed by atoms with Crippen LogP contribution in [0.25, 0.3) is 0 Å². The van der Waals surface area contributed by atoms with Crippen molar-refractivity contribution in [2.45, 2.75) is 26.3 Å². The van der Waals surface area contributed by atoms with Crippen molar-refractivity contribution in [3.8, 4) is 0 Å². The summed E-state index contributed by atoms with van der Waals surface area (Å²) in [7, 11) is 0. The summed E-state index contributed by atoms with van der Waals surface area (Å²) in [4.78, 5) is 22.6. The first-order chi connectivity index (χ1) is 11.3. The van der Waals surface area contributed by atoms with Gasteiger partial charge in [-0.25, -0.2) is 0 Å². The third-order valence-corrected chi connectivity index (χ3v) is 3.85. The molecule has 10 heteroatoms. The van der Waals surface area contributed by atoms with E-state index in [1.54, 1.807) is 0 Å². The first-order valence-corrected chi connectivity index (χ1v) is 7.97. The number of hydrogen-bond donors (Lipinski definition) is 2. The molecule has 2 aromatic rings. The smallest absolute Gasteiger partial charge is 0.283 e. The number of nitro benzene ring substituents is 1. The van der Waals surface area contributed by atoms with Crippen molar-refractivity contribution in [1.82, 2.24) is 20.1 Å². The summed E-state index contributed by atoms with van der Waals surface area (Å²) in [6, 6.07) is 4.06. The number of hydrogen-bond acceptors (Lipinski definition) is 5. The Labute approximate surface area is 148 Å². The molecule has 24 heavy (non-hydrogen) atoms. The third-order valence-electron chi connectivity index (χ3n) is 3.33. The van der Waals surface area contributed by atoms with Gasteiger partial charge in [-0.3, -0.25) is 20.0 Å². The zero-order chi connectivity index (χ0) is 17.9. The molecule has 0 unspecified atom stereocenters. The zero-order valence-electron chi connectivity index (χ0n) is 13.1. The van der Waals surface area contributed by atoms with Crippen LogP contribution in [0.5, 0.6) is 0 Å². The molecule has 1 aromatic heterocycles. The number of benzene rings is 1. The van der Waals surface area contributed by atoms with Crippen LogP contribution >= 0.6 is 23.8 Å². The van der Waals surface area contributed by atoms with Gasteiger partial charge in [-0.1, -0.05) is 11.6 Å². The molecule has 0 aliphatic heterocycles. The Morgan fingerprint density at radius 3 is 2.88 bits per heavy atom. The Morgan fingerprint density at radius 1 is 1.54 bits per heavy atom. The lowest BCUT2D eigenvalue weighted by Crippen LogP contribution is -2.27. The average molecular weight is 370 g/mol. The maximum absolute atomic E-state index is 12.2. The van der Waals surface area contributed by atoms with Crippen LogP contribution in [0.2, 0.25) is 5.02 Å². The van der Waals surface area contributed by atoms with E-state index in [0.717, 1.165) is 6.07 Å². The molecule has 0 bridgehead atoms. The van der Waals surface area contributed by atoms with Gasteiger partial charge in [0.05, 0.1) is 4.92 Å². The lowest BCUT2D eigenvalue weighted by molar-refractivity contribution is -0.385. The summed E-state index contributed by atoms with van der Waals surface area (Å²) in [6.45, 7) is 4.22. The van der Waals surface area contributed by atoms with Crippen LogP contribution in [0.4, 0.5) is 5.69 Å². The monoisotopic (exact) mass is 369 g/mol. The molecule has 0 spiro atoms. The van der Waals surface area contributed by atoms with E-state index in [9.17, 15) is 14.9 Å². The van der Waals surface area contributed by atoms with Crippen molar-refractivity contribution in [1.29, 1.82) is 0 Å². The fourth-order valence-electron chi connectivity index (χ4n) is 2.28. The molecule has 0 saturated heterocycles. The lowest BCUT2D eigenvalue weighted by atomic mass is 10.1. The molecule has 2 rings (SSSR count). The Morgan fingerprint density at radius 2 is 2.25 bits per heavy atom. The molecule has 2 N–H and O–H groups in total. The summed E-state index contributed by atoms with van der Waals surface area (Å²) < 4.78 is 2.37. The number of nitrogens with zero attached hydrogens (tertiary/aromatic N) is 3. The van der Waals surface area contributed by atoms with Crippen LogP contribution in [0.15, 0.2) is 18.2 Å². The minimum Gasteiger partial charge on any atom is -0.351 e. The summed E-state index contributed by atoms with van der Waals surface area (Å²) in [6.07, 6.45) is 0.443. The molecule has 0 saturated carbocycles. The number of carbonyl (C=O) groups is 1. The van der Waals surface area contributed by atoms with Gasteiger partial charge < -0.3 is 9.88 Å². The molecule has 0 radical (unpaired) electrons. The van der Waals surface area contributed by atoms with E-state index >= 15 is 0 Å². The maximum atomic E-state index is 12.2.